The van der Waals surface area contributed by atoms with E-state index in [1.807, 2.05) is 21.1 Å². The predicted molar refractivity (Wildman–Crippen MR) is 213 cm³/mol. The Labute approximate surface area is 317 Å². The van der Waals surface area contributed by atoms with E-state index in [1.54, 1.807) is 0 Å². The van der Waals surface area contributed by atoms with E-state index >= 15 is 0 Å². The van der Waals surface area contributed by atoms with Crippen LogP contribution in [0.1, 0.15) is 206 Å². The van der Waals surface area contributed by atoms with E-state index in [2.05, 4.69) is 13.8 Å². The molecule has 0 aromatic rings. The number of hydrogen-bond acceptors (Lipinski definition) is 7. The third-order valence-corrected chi connectivity index (χ3v) is 10.6. The van der Waals surface area contributed by atoms with Gasteiger partial charge in [-0.05, 0) is 12.8 Å². The van der Waals surface area contributed by atoms with Crippen molar-refractivity contribution in [2.24, 2.45) is 0 Å². The lowest BCUT2D eigenvalue weighted by atomic mass is 10.0. The second-order valence-corrected chi connectivity index (χ2v) is 17.5. The molecule has 0 aromatic carbocycles. The number of phosphoric acid groups is 1. The number of rotatable bonds is 41. The number of unbranched alkanes of at least 4 members (excludes halogenated alkanes) is 27. The van der Waals surface area contributed by atoms with Crippen molar-refractivity contribution in [3.8, 4) is 0 Å². The number of nitrogens with zero attached hydrogens (tertiary/aromatic N) is 1. The summed E-state index contributed by atoms with van der Waals surface area (Å²) in [7, 11) is 1.37. The van der Waals surface area contributed by atoms with E-state index in [0.717, 1.165) is 32.1 Å². The minimum Gasteiger partial charge on any atom is -0.756 e. The molecule has 0 aliphatic heterocycles. The molecule has 0 amide bonds. The highest BCUT2D eigenvalue weighted by Gasteiger charge is 2.20. The zero-order valence-corrected chi connectivity index (χ0v) is 35.5. The van der Waals surface area contributed by atoms with Crippen molar-refractivity contribution in [3.05, 3.63) is 0 Å². The number of phosphoric ester groups is 1. The van der Waals surface area contributed by atoms with Gasteiger partial charge in [-0.3, -0.25) is 9.36 Å². The maximum atomic E-state index is 12.6. The van der Waals surface area contributed by atoms with Gasteiger partial charge < -0.3 is 27.9 Å². The van der Waals surface area contributed by atoms with Gasteiger partial charge in [-0.1, -0.05) is 187 Å². The van der Waals surface area contributed by atoms with E-state index < -0.39 is 13.9 Å². The molecule has 9 heteroatoms. The SMILES string of the molecule is CCCCCCCCCCCCCCCCCCCCCCCOCC(COP(=O)([O-])OCC[N+](C)(C)C)OC(=O)CCCCCCCCCC. The Hall–Kier alpha value is -0.500. The average molecular weight is 748 g/mol. The average Bonchev–Trinajstić information content (AvgIpc) is 3.08. The van der Waals surface area contributed by atoms with Crippen LogP contribution in [0.3, 0.4) is 0 Å². The molecule has 2 atom stereocenters. The summed E-state index contributed by atoms with van der Waals surface area (Å²) < 4.78 is 34.5. The van der Waals surface area contributed by atoms with Crippen molar-refractivity contribution in [1.29, 1.82) is 0 Å². The summed E-state index contributed by atoms with van der Waals surface area (Å²) in [4.78, 5) is 24.9. The van der Waals surface area contributed by atoms with Crippen LogP contribution in [0, 0.1) is 0 Å². The largest absolute Gasteiger partial charge is 0.756 e. The second-order valence-electron chi connectivity index (χ2n) is 16.1. The first kappa shape index (κ1) is 50.5. The number of quaternary nitrogens is 1. The van der Waals surface area contributed by atoms with E-state index in [1.165, 1.54) is 154 Å². The van der Waals surface area contributed by atoms with E-state index in [0.29, 0.717) is 24.1 Å². The van der Waals surface area contributed by atoms with Crippen LogP contribution in [0.4, 0.5) is 0 Å². The van der Waals surface area contributed by atoms with E-state index in [4.69, 9.17) is 18.5 Å². The van der Waals surface area contributed by atoms with Crippen LogP contribution in [0.15, 0.2) is 0 Å². The summed E-state index contributed by atoms with van der Waals surface area (Å²) in [6, 6.07) is 0. The predicted octanol–water partition coefficient (Wildman–Crippen LogP) is 11.9. The molecule has 0 heterocycles. The Morgan fingerprint density at radius 3 is 1.29 bits per heavy atom. The van der Waals surface area contributed by atoms with Crippen molar-refractivity contribution in [2.45, 2.75) is 213 Å². The zero-order valence-electron chi connectivity index (χ0n) is 34.6. The third-order valence-electron chi connectivity index (χ3n) is 9.66. The van der Waals surface area contributed by atoms with Crippen LogP contribution < -0.4 is 4.89 Å². The molecule has 2 unspecified atom stereocenters. The van der Waals surface area contributed by atoms with E-state index in [9.17, 15) is 14.3 Å². The summed E-state index contributed by atoms with van der Waals surface area (Å²) in [5.41, 5.74) is 0. The van der Waals surface area contributed by atoms with Crippen molar-refractivity contribution in [3.63, 3.8) is 0 Å². The van der Waals surface area contributed by atoms with Crippen LogP contribution in [-0.2, 0) is 27.9 Å². The van der Waals surface area contributed by atoms with Crippen LogP contribution in [0.5, 0.6) is 0 Å². The van der Waals surface area contributed by atoms with Crippen LogP contribution in [0.2, 0.25) is 0 Å². The quantitative estimate of drug-likeness (QED) is 0.0266. The van der Waals surface area contributed by atoms with Gasteiger partial charge in [-0.2, -0.15) is 0 Å². The lowest BCUT2D eigenvalue weighted by Crippen LogP contribution is -2.37. The van der Waals surface area contributed by atoms with Gasteiger partial charge in [0.15, 0.2) is 0 Å². The molecule has 0 rings (SSSR count). The molecule has 0 aliphatic carbocycles. The topological polar surface area (TPSA) is 94.1 Å². The molecule has 306 valence electrons. The third kappa shape index (κ3) is 40.5. The molecule has 0 saturated heterocycles. The van der Waals surface area contributed by atoms with Gasteiger partial charge in [-0.25, -0.2) is 0 Å². The van der Waals surface area contributed by atoms with E-state index in [-0.39, 0.29) is 25.8 Å². The maximum absolute atomic E-state index is 12.6. The van der Waals surface area contributed by atoms with Crippen LogP contribution >= 0.6 is 7.82 Å². The van der Waals surface area contributed by atoms with Gasteiger partial charge >= 0.3 is 5.97 Å². The van der Waals surface area contributed by atoms with Crippen molar-refractivity contribution in [1.82, 2.24) is 0 Å². The molecule has 0 N–H and O–H groups in total. The molecular weight excluding hydrogens is 661 g/mol. The van der Waals surface area contributed by atoms with Crippen molar-refractivity contribution < 1.29 is 37.3 Å². The van der Waals surface area contributed by atoms with Gasteiger partial charge in [0.2, 0.25) is 0 Å². The summed E-state index contributed by atoms with van der Waals surface area (Å²) >= 11 is 0. The summed E-state index contributed by atoms with van der Waals surface area (Å²) in [6.07, 6.45) is 37.0. The minimum absolute atomic E-state index is 0.0309. The number of carbonyl (C=O) groups is 1. The highest BCUT2D eigenvalue weighted by atomic mass is 31.2. The van der Waals surface area contributed by atoms with Gasteiger partial charge in [0.05, 0.1) is 34.4 Å². The smallest absolute Gasteiger partial charge is 0.306 e. The normalized spacial score (nSPS) is 13.8. The zero-order chi connectivity index (χ0) is 37.7. The number of carbonyl (C=O) groups excluding carboxylic acids is 1. The molecule has 8 nitrogen and oxygen atoms in total. The van der Waals surface area contributed by atoms with Gasteiger partial charge in [0.1, 0.15) is 19.3 Å². The summed E-state index contributed by atoms with van der Waals surface area (Å²) in [5, 5.41) is 0. The lowest BCUT2D eigenvalue weighted by Gasteiger charge is -2.28. The van der Waals surface area contributed by atoms with Crippen molar-refractivity contribution >= 4 is 13.8 Å². The Balaban J connectivity index is 4.02. The highest BCUT2D eigenvalue weighted by molar-refractivity contribution is 7.45. The highest BCUT2D eigenvalue weighted by Crippen LogP contribution is 2.38. The Kier molecular flexibility index (Phi) is 36.1. The van der Waals surface area contributed by atoms with Gasteiger partial charge in [-0.15, -0.1) is 0 Å². The number of likely N-dealkylation sites (N-methyl/N-ethyl adjacent to an activating group) is 1. The molecule has 0 aliphatic rings. The van der Waals surface area contributed by atoms with Crippen LogP contribution in [-0.4, -0.2) is 70.7 Å². The maximum Gasteiger partial charge on any atom is 0.306 e. The molecule has 0 aromatic heterocycles. The number of esters is 1. The fourth-order valence-corrected chi connectivity index (χ4v) is 6.98. The molecule has 0 fully saturated rings. The Bertz CT molecular complexity index is 792. The first-order valence-electron chi connectivity index (χ1n) is 21.8. The fourth-order valence-electron chi connectivity index (χ4n) is 6.25. The Morgan fingerprint density at radius 1 is 0.529 bits per heavy atom. The summed E-state index contributed by atoms with van der Waals surface area (Å²) in [5.74, 6) is -0.334. The molecule has 0 radical (unpaired) electrons. The molecule has 51 heavy (non-hydrogen) atoms. The van der Waals surface area contributed by atoms with Gasteiger partial charge in [0, 0.05) is 13.0 Å². The minimum atomic E-state index is -4.51. The van der Waals surface area contributed by atoms with Crippen molar-refractivity contribution in [2.75, 3.05) is 54.1 Å². The Morgan fingerprint density at radius 2 is 0.902 bits per heavy atom. The fraction of sp³-hybridized carbons (Fsp3) is 0.976. The number of ether oxygens (including phenoxy) is 2. The molecule has 0 bridgehead atoms. The first-order valence-corrected chi connectivity index (χ1v) is 23.2. The molecule has 0 spiro atoms. The van der Waals surface area contributed by atoms with Crippen LogP contribution in [0.25, 0.3) is 0 Å². The summed E-state index contributed by atoms with van der Waals surface area (Å²) in [6.45, 7) is 5.43. The first-order chi connectivity index (χ1) is 24.6. The second kappa shape index (κ2) is 36.5. The van der Waals surface area contributed by atoms with Gasteiger partial charge in [0.25, 0.3) is 7.82 Å². The number of hydrogen-bond donors (Lipinski definition) is 0. The lowest BCUT2D eigenvalue weighted by molar-refractivity contribution is -0.870. The molecule has 0 saturated carbocycles. The standard InChI is InChI=1S/C42H86NO7P/c1-6-8-10-12-14-16-17-18-19-20-21-22-23-24-25-26-27-28-30-32-34-37-47-39-41(40-49-51(45,46)48-38-36-43(3,4)5)50-42(44)35-33-31-29-15-13-11-9-7-2/h41H,6-40H2,1-5H3. The monoisotopic (exact) mass is 748 g/mol. The molecular formula is C42H86NO7P.